The minimum absolute atomic E-state index is 0.0611. The first-order valence-corrected chi connectivity index (χ1v) is 7.70. The molecule has 128 valence electrons. The number of ether oxygens (including phenoxy) is 4. The number of carbonyl (C=O) groups excluding carboxylic acids is 1. The SMILES string of the molecule is COc1ccc(C(=O)C[C@H](C#N)c2ccc3c(c2)OCO3)cc1OC. The Labute approximate surface area is 145 Å². The van der Waals surface area contributed by atoms with Crippen LogP contribution < -0.4 is 18.9 Å². The molecule has 0 unspecified atom stereocenters. The predicted molar refractivity (Wildman–Crippen MR) is 89.4 cm³/mol. The van der Waals surface area contributed by atoms with E-state index in [1.807, 2.05) is 0 Å². The fourth-order valence-electron chi connectivity index (χ4n) is 2.68. The fourth-order valence-corrected chi connectivity index (χ4v) is 2.68. The summed E-state index contributed by atoms with van der Waals surface area (Å²) in [6.07, 6.45) is 0.0611. The van der Waals surface area contributed by atoms with E-state index in [2.05, 4.69) is 6.07 Å². The monoisotopic (exact) mass is 339 g/mol. The molecule has 0 bridgehead atoms. The van der Waals surface area contributed by atoms with Gasteiger partial charge < -0.3 is 18.9 Å². The minimum Gasteiger partial charge on any atom is -0.493 e. The zero-order valence-electron chi connectivity index (χ0n) is 13.9. The van der Waals surface area contributed by atoms with Crippen molar-refractivity contribution < 1.29 is 23.7 Å². The summed E-state index contributed by atoms with van der Waals surface area (Å²) < 4.78 is 21.0. The van der Waals surface area contributed by atoms with E-state index in [1.165, 1.54) is 14.2 Å². The number of hydrogen-bond acceptors (Lipinski definition) is 6. The summed E-state index contributed by atoms with van der Waals surface area (Å²) in [4.78, 5) is 12.6. The second kappa shape index (κ2) is 7.14. The normalized spacial score (nSPS) is 13.0. The van der Waals surface area contributed by atoms with Gasteiger partial charge in [0.1, 0.15) is 0 Å². The molecular weight excluding hydrogens is 322 g/mol. The van der Waals surface area contributed by atoms with Crippen LogP contribution in [0.2, 0.25) is 0 Å². The molecule has 1 heterocycles. The third-order valence-corrected chi connectivity index (χ3v) is 4.05. The lowest BCUT2D eigenvalue weighted by Gasteiger charge is -2.12. The summed E-state index contributed by atoms with van der Waals surface area (Å²) in [5.74, 6) is 1.54. The maximum atomic E-state index is 12.6. The van der Waals surface area contributed by atoms with Gasteiger partial charge in [0.15, 0.2) is 28.8 Å². The van der Waals surface area contributed by atoms with E-state index in [-0.39, 0.29) is 19.0 Å². The van der Waals surface area contributed by atoms with Crippen molar-refractivity contribution in [3.8, 4) is 29.1 Å². The van der Waals surface area contributed by atoms with Crippen LogP contribution in [0.5, 0.6) is 23.0 Å². The fraction of sp³-hybridized carbons (Fsp3) is 0.263. The molecule has 1 atom stereocenters. The lowest BCUT2D eigenvalue weighted by Crippen LogP contribution is -2.07. The number of rotatable bonds is 6. The largest absolute Gasteiger partial charge is 0.493 e. The Morgan fingerprint density at radius 1 is 1.12 bits per heavy atom. The van der Waals surface area contributed by atoms with Gasteiger partial charge in [0.25, 0.3) is 0 Å². The van der Waals surface area contributed by atoms with Gasteiger partial charge in [-0.15, -0.1) is 0 Å². The van der Waals surface area contributed by atoms with Crippen LogP contribution in [-0.2, 0) is 0 Å². The van der Waals surface area contributed by atoms with Crippen molar-refractivity contribution in [2.45, 2.75) is 12.3 Å². The Morgan fingerprint density at radius 2 is 1.88 bits per heavy atom. The van der Waals surface area contributed by atoms with Crippen molar-refractivity contribution in [3.05, 3.63) is 47.5 Å². The standard InChI is InChI=1S/C19H17NO5/c1-22-16-5-4-13(9-18(16)23-2)15(21)7-14(10-20)12-3-6-17-19(8-12)25-11-24-17/h3-6,8-9,14H,7,11H2,1-2H3/t14-/m1/s1. The first-order valence-electron chi connectivity index (χ1n) is 7.70. The molecular formula is C19H17NO5. The quantitative estimate of drug-likeness (QED) is 0.751. The van der Waals surface area contributed by atoms with Crippen LogP contribution in [0.4, 0.5) is 0 Å². The highest BCUT2D eigenvalue weighted by molar-refractivity contribution is 5.97. The van der Waals surface area contributed by atoms with E-state index >= 15 is 0 Å². The van der Waals surface area contributed by atoms with Crippen molar-refractivity contribution in [2.75, 3.05) is 21.0 Å². The van der Waals surface area contributed by atoms with Crippen LogP contribution in [0.15, 0.2) is 36.4 Å². The zero-order chi connectivity index (χ0) is 17.8. The molecule has 6 nitrogen and oxygen atoms in total. The summed E-state index contributed by atoms with van der Waals surface area (Å²) in [7, 11) is 3.04. The average Bonchev–Trinajstić information content (AvgIpc) is 3.12. The Balaban J connectivity index is 1.80. The number of hydrogen-bond donors (Lipinski definition) is 0. The van der Waals surface area contributed by atoms with E-state index in [0.29, 0.717) is 28.6 Å². The van der Waals surface area contributed by atoms with Crippen molar-refractivity contribution in [1.82, 2.24) is 0 Å². The number of methoxy groups -OCH3 is 2. The Bertz CT molecular complexity index is 840. The Hall–Kier alpha value is -3.20. The lowest BCUT2D eigenvalue weighted by atomic mass is 9.92. The highest BCUT2D eigenvalue weighted by atomic mass is 16.7. The summed E-state index contributed by atoms with van der Waals surface area (Å²) in [5.41, 5.74) is 1.19. The molecule has 0 amide bonds. The van der Waals surface area contributed by atoms with Crippen LogP contribution in [-0.4, -0.2) is 26.8 Å². The second-order valence-corrected chi connectivity index (χ2v) is 5.49. The van der Waals surface area contributed by atoms with Gasteiger partial charge in [0, 0.05) is 12.0 Å². The van der Waals surface area contributed by atoms with Crippen molar-refractivity contribution in [2.24, 2.45) is 0 Å². The smallest absolute Gasteiger partial charge is 0.231 e. The molecule has 2 aromatic carbocycles. The van der Waals surface area contributed by atoms with E-state index in [1.54, 1.807) is 36.4 Å². The van der Waals surface area contributed by atoms with Crippen LogP contribution in [0.3, 0.4) is 0 Å². The average molecular weight is 339 g/mol. The summed E-state index contributed by atoms with van der Waals surface area (Å²) in [6, 6.07) is 12.4. The molecule has 0 N–H and O–H groups in total. The van der Waals surface area contributed by atoms with E-state index < -0.39 is 5.92 Å². The number of carbonyl (C=O) groups is 1. The highest BCUT2D eigenvalue weighted by Crippen LogP contribution is 2.36. The molecule has 0 saturated heterocycles. The van der Waals surface area contributed by atoms with Crippen molar-refractivity contribution in [1.29, 1.82) is 5.26 Å². The number of fused-ring (bicyclic) bond motifs is 1. The van der Waals surface area contributed by atoms with Gasteiger partial charge in [-0.2, -0.15) is 5.26 Å². The molecule has 2 aromatic rings. The van der Waals surface area contributed by atoms with Crippen molar-refractivity contribution in [3.63, 3.8) is 0 Å². The van der Waals surface area contributed by atoms with Crippen LogP contribution >= 0.6 is 0 Å². The van der Waals surface area contributed by atoms with Gasteiger partial charge in [-0.3, -0.25) is 4.79 Å². The highest BCUT2D eigenvalue weighted by Gasteiger charge is 2.21. The molecule has 1 aliphatic heterocycles. The maximum Gasteiger partial charge on any atom is 0.231 e. The molecule has 0 aromatic heterocycles. The second-order valence-electron chi connectivity index (χ2n) is 5.49. The first-order chi connectivity index (χ1) is 12.2. The van der Waals surface area contributed by atoms with Gasteiger partial charge in [-0.25, -0.2) is 0 Å². The Kier molecular flexibility index (Phi) is 4.75. The number of benzene rings is 2. The molecule has 1 aliphatic rings. The summed E-state index contributed by atoms with van der Waals surface area (Å²) in [6.45, 7) is 0.167. The Morgan fingerprint density at radius 3 is 2.60 bits per heavy atom. The van der Waals surface area contributed by atoms with E-state index in [4.69, 9.17) is 18.9 Å². The van der Waals surface area contributed by atoms with Gasteiger partial charge in [-0.05, 0) is 35.9 Å². The van der Waals surface area contributed by atoms with Gasteiger partial charge in [-0.1, -0.05) is 6.07 Å². The maximum absolute atomic E-state index is 12.6. The molecule has 0 spiro atoms. The summed E-state index contributed by atoms with van der Waals surface area (Å²) in [5, 5.41) is 9.49. The van der Waals surface area contributed by atoms with Gasteiger partial charge in [0.2, 0.25) is 6.79 Å². The number of ketones is 1. The first kappa shape index (κ1) is 16.7. The lowest BCUT2D eigenvalue weighted by molar-refractivity contribution is 0.0978. The molecule has 0 radical (unpaired) electrons. The predicted octanol–water partition coefficient (Wildman–Crippen LogP) is 3.31. The molecule has 0 aliphatic carbocycles. The molecule has 6 heteroatoms. The summed E-state index contributed by atoms with van der Waals surface area (Å²) >= 11 is 0. The number of Topliss-reactive ketones (excluding diaryl/α,β-unsaturated/α-hetero) is 1. The van der Waals surface area contributed by atoms with Crippen molar-refractivity contribution >= 4 is 5.78 Å². The van der Waals surface area contributed by atoms with Gasteiger partial charge >= 0.3 is 0 Å². The number of nitrogens with zero attached hydrogens (tertiary/aromatic N) is 1. The molecule has 25 heavy (non-hydrogen) atoms. The number of nitriles is 1. The van der Waals surface area contributed by atoms with Crippen LogP contribution in [0.25, 0.3) is 0 Å². The minimum atomic E-state index is -0.574. The van der Waals surface area contributed by atoms with E-state index in [9.17, 15) is 10.1 Å². The topological polar surface area (TPSA) is 77.8 Å². The van der Waals surface area contributed by atoms with E-state index in [0.717, 1.165) is 5.56 Å². The third-order valence-electron chi connectivity index (χ3n) is 4.05. The zero-order valence-corrected chi connectivity index (χ0v) is 13.9. The van der Waals surface area contributed by atoms with Crippen LogP contribution in [0, 0.1) is 11.3 Å². The molecule has 0 fully saturated rings. The van der Waals surface area contributed by atoms with Gasteiger partial charge in [0.05, 0.1) is 26.2 Å². The molecule has 0 saturated carbocycles. The van der Waals surface area contributed by atoms with Crippen LogP contribution in [0.1, 0.15) is 28.3 Å². The molecule has 3 rings (SSSR count). The third kappa shape index (κ3) is 3.36.